The second kappa shape index (κ2) is 8.44. The van der Waals surface area contributed by atoms with Crippen molar-refractivity contribution in [2.45, 2.75) is 32.5 Å². The molecule has 0 fully saturated rings. The van der Waals surface area contributed by atoms with E-state index in [4.69, 9.17) is 4.74 Å². The number of carbonyl (C=O) groups is 1. The van der Waals surface area contributed by atoms with Gasteiger partial charge in [0.05, 0.1) is 12.6 Å². The first kappa shape index (κ1) is 18.5. The van der Waals surface area contributed by atoms with Crippen LogP contribution in [0.15, 0.2) is 72.9 Å². The van der Waals surface area contributed by atoms with Gasteiger partial charge in [-0.05, 0) is 42.2 Å². The molecular formula is C24H26N2O2. The summed E-state index contributed by atoms with van der Waals surface area (Å²) in [6, 6.07) is 22.4. The van der Waals surface area contributed by atoms with Crippen molar-refractivity contribution in [1.82, 2.24) is 9.47 Å². The molecule has 1 aromatic heterocycles. The Morgan fingerprint density at radius 2 is 1.79 bits per heavy atom. The zero-order valence-corrected chi connectivity index (χ0v) is 16.3. The molecule has 1 unspecified atom stereocenters. The van der Waals surface area contributed by atoms with Crippen LogP contribution in [0.1, 0.15) is 34.8 Å². The van der Waals surface area contributed by atoms with Crippen LogP contribution >= 0.6 is 0 Å². The summed E-state index contributed by atoms with van der Waals surface area (Å²) in [5.74, 6) is 0.0406. The maximum Gasteiger partial charge on any atom is 0.249 e. The summed E-state index contributed by atoms with van der Waals surface area (Å²) >= 11 is 0. The van der Waals surface area contributed by atoms with Gasteiger partial charge in [0, 0.05) is 25.0 Å². The third-order valence-electron chi connectivity index (χ3n) is 5.39. The number of hydrogen-bond donors (Lipinski definition) is 0. The van der Waals surface area contributed by atoms with Gasteiger partial charge in [-0.1, -0.05) is 54.6 Å². The first-order valence-electron chi connectivity index (χ1n) is 9.86. The maximum atomic E-state index is 13.2. The summed E-state index contributed by atoms with van der Waals surface area (Å²) in [6.07, 6.45) is 3.05. The van der Waals surface area contributed by atoms with Gasteiger partial charge >= 0.3 is 0 Å². The van der Waals surface area contributed by atoms with Crippen LogP contribution in [-0.2, 0) is 22.7 Å². The molecule has 0 radical (unpaired) electrons. The van der Waals surface area contributed by atoms with Gasteiger partial charge in [0.1, 0.15) is 6.61 Å². The van der Waals surface area contributed by atoms with Gasteiger partial charge < -0.3 is 14.2 Å². The quantitative estimate of drug-likeness (QED) is 0.666. The van der Waals surface area contributed by atoms with Crippen LogP contribution in [-0.4, -0.2) is 28.5 Å². The molecule has 0 saturated carbocycles. The average molecular weight is 374 g/mol. The molecule has 4 nitrogen and oxygen atoms in total. The standard InChI is InChI=1S/C24H26N2O2/c1-19-9-5-6-12-21(19)24-22-13-7-14-25(22)15-8-16-26(24)23(27)18-28-17-20-10-3-2-4-11-20/h2-7,9-14,24H,8,15-18H2,1H3. The van der Waals surface area contributed by atoms with E-state index in [1.165, 1.54) is 16.8 Å². The van der Waals surface area contributed by atoms with Crippen molar-refractivity contribution in [3.05, 3.63) is 95.3 Å². The molecule has 3 aromatic rings. The third-order valence-corrected chi connectivity index (χ3v) is 5.39. The van der Waals surface area contributed by atoms with Crippen molar-refractivity contribution in [3.63, 3.8) is 0 Å². The zero-order chi connectivity index (χ0) is 19.3. The van der Waals surface area contributed by atoms with Gasteiger partial charge in [0.25, 0.3) is 0 Å². The number of hydrogen-bond acceptors (Lipinski definition) is 2. The highest BCUT2D eigenvalue weighted by atomic mass is 16.5. The van der Waals surface area contributed by atoms with E-state index in [0.717, 1.165) is 25.1 Å². The first-order chi connectivity index (χ1) is 13.7. The molecule has 2 heterocycles. The van der Waals surface area contributed by atoms with Crippen molar-refractivity contribution < 1.29 is 9.53 Å². The molecule has 28 heavy (non-hydrogen) atoms. The Morgan fingerprint density at radius 3 is 2.61 bits per heavy atom. The lowest BCUT2D eigenvalue weighted by atomic mass is 9.97. The molecule has 0 spiro atoms. The fourth-order valence-electron chi connectivity index (χ4n) is 3.98. The normalized spacial score (nSPS) is 16.5. The molecule has 1 atom stereocenters. The smallest absolute Gasteiger partial charge is 0.249 e. The predicted octanol–water partition coefficient (Wildman–Crippen LogP) is 4.34. The van der Waals surface area contributed by atoms with E-state index in [0.29, 0.717) is 6.61 Å². The van der Waals surface area contributed by atoms with E-state index >= 15 is 0 Å². The van der Waals surface area contributed by atoms with E-state index in [2.05, 4.69) is 48.0 Å². The van der Waals surface area contributed by atoms with Crippen LogP contribution in [0.3, 0.4) is 0 Å². The van der Waals surface area contributed by atoms with Crippen molar-refractivity contribution in [3.8, 4) is 0 Å². The number of ether oxygens (including phenoxy) is 1. The van der Waals surface area contributed by atoms with Crippen molar-refractivity contribution >= 4 is 5.91 Å². The minimum atomic E-state index is -0.0773. The van der Waals surface area contributed by atoms with Crippen LogP contribution in [0.25, 0.3) is 0 Å². The molecule has 1 amide bonds. The number of aryl methyl sites for hydroxylation is 2. The van der Waals surface area contributed by atoms with Gasteiger partial charge in [0.2, 0.25) is 5.91 Å². The highest BCUT2D eigenvalue weighted by Crippen LogP contribution is 2.33. The lowest BCUT2D eigenvalue weighted by Crippen LogP contribution is -2.38. The maximum absolute atomic E-state index is 13.2. The SMILES string of the molecule is Cc1ccccc1C1c2cccn2CCCN1C(=O)COCc1ccccc1. The van der Waals surface area contributed by atoms with Crippen LogP contribution in [0.2, 0.25) is 0 Å². The molecule has 1 aliphatic rings. The molecule has 0 saturated heterocycles. The highest BCUT2D eigenvalue weighted by Gasteiger charge is 2.31. The molecule has 0 bridgehead atoms. The molecular weight excluding hydrogens is 348 g/mol. The third kappa shape index (κ3) is 3.87. The van der Waals surface area contributed by atoms with Gasteiger partial charge in [0.15, 0.2) is 0 Å². The van der Waals surface area contributed by atoms with Crippen molar-refractivity contribution in [1.29, 1.82) is 0 Å². The minimum Gasteiger partial charge on any atom is -0.367 e. The van der Waals surface area contributed by atoms with Crippen LogP contribution in [0, 0.1) is 6.92 Å². The Labute approximate surface area is 166 Å². The Hall–Kier alpha value is -2.85. The molecule has 144 valence electrons. The number of aromatic nitrogens is 1. The number of fused-ring (bicyclic) bond motifs is 1. The van der Waals surface area contributed by atoms with Crippen LogP contribution < -0.4 is 0 Å². The summed E-state index contributed by atoms with van der Waals surface area (Å²) in [5, 5.41) is 0. The second-order valence-corrected chi connectivity index (χ2v) is 7.30. The van der Waals surface area contributed by atoms with Gasteiger partial charge in [-0.15, -0.1) is 0 Å². The Morgan fingerprint density at radius 1 is 1.00 bits per heavy atom. The summed E-state index contributed by atoms with van der Waals surface area (Å²) in [4.78, 5) is 15.2. The number of nitrogens with zero attached hydrogens (tertiary/aromatic N) is 2. The van der Waals surface area contributed by atoms with Gasteiger partial charge in [-0.3, -0.25) is 4.79 Å². The largest absolute Gasteiger partial charge is 0.367 e. The van der Waals surface area contributed by atoms with Crippen LogP contribution in [0.5, 0.6) is 0 Å². The van der Waals surface area contributed by atoms with E-state index in [-0.39, 0.29) is 18.6 Å². The average Bonchev–Trinajstić information content (AvgIpc) is 3.10. The van der Waals surface area contributed by atoms with Gasteiger partial charge in [-0.2, -0.15) is 0 Å². The zero-order valence-electron chi connectivity index (χ0n) is 16.3. The van der Waals surface area contributed by atoms with E-state index in [9.17, 15) is 4.79 Å². The minimum absolute atomic E-state index is 0.0406. The van der Waals surface area contributed by atoms with Crippen molar-refractivity contribution in [2.24, 2.45) is 0 Å². The summed E-state index contributed by atoms with van der Waals surface area (Å²) in [7, 11) is 0. The van der Waals surface area contributed by atoms with Gasteiger partial charge in [-0.25, -0.2) is 0 Å². The second-order valence-electron chi connectivity index (χ2n) is 7.30. The van der Waals surface area contributed by atoms with E-state index in [1.807, 2.05) is 41.3 Å². The lowest BCUT2D eigenvalue weighted by molar-refractivity contribution is -0.138. The van der Waals surface area contributed by atoms with Crippen LogP contribution in [0.4, 0.5) is 0 Å². The number of rotatable bonds is 5. The van der Waals surface area contributed by atoms with Crippen molar-refractivity contribution in [2.75, 3.05) is 13.2 Å². The summed E-state index contributed by atoms with van der Waals surface area (Å²) in [5.41, 5.74) is 4.63. The number of amides is 1. The van der Waals surface area contributed by atoms with E-state index in [1.54, 1.807) is 0 Å². The molecule has 0 N–H and O–H groups in total. The molecule has 4 heteroatoms. The topological polar surface area (TPSA) is 34.5 Å². The molecule has 2 aromatic carbocycles. The monoisotopic (exact) mass is 374 g/mol. The molecule has 0 aliphatic carbocycles. The number of benzene rings is 2. The first-order valence-corrected chi connectivity index (χ1v) is 9.86. The predicted molar refractivity (Wildman–Crippen MR) is 110 cm³/mol. The molecule has 4 rings (SSSR count). The fourth-order valence-corrected chi connectivity index (χ4v) is 3.98. The Kier molecular flexibility index (Phi) is 5.58. The molecule has 1 aliphatic heterocycles. The Balaban J connectivity index is 1.57. The summed E-state index contributed by atoms with van der Waals surface area (Å²) in [6.45, 7) is 4.32. The Bertz CT molecular complexity index is 933. The lowest BCUT2D eigenvalue weighted by Gasteiger charge is -2.31. The highest BCUT2D eigenvalue weighted by molar-refractivity contribution is 5.78. The number of carbonyl (C=O) groups excluding carboxylic acids is 1. The van der Waals surface area contributed by atoms with E-state index < -0.39 is 0 Å². The summed E-state index contributed by atoms with van der Waals surface area (Å²) < 4.78 is 8.03. The fraction of sp³-hybridized carbons (Fsp3) is 0.292.